The fourth-order valence-electron chi connectivity index (χ4n) is 3.96. The maximum absolute atomic E-state index is 6.06. The van der Waals surface area contributed by atoms with Crippen LogP contribution >= 0.6 is 24.0 Å². The number of para-hydroxylation sites is 1. The molecule has 2 aromatic carbocycles. The second-order valence-electron chi connectivity index (χ2n) is 7.44. The van der Waals surface area contributed by atoms with E-state index in [1.54, 1.807) is 0 Å². The van der Waals surface area contributed by atoms with Gasteiger partial charge in [0.2, 0.25) is 0 Å². The summed E-state index contributed by atoms with van der Waals surface area (Å²) in [6, 6.07) is 18.7. The zero-order valence-corrected chi connectivity index (χ0v) is 19.2. The lowest BCUT2D eigenvalue weighted by Crippen LogP contribution is -2.47. The number of hydrogen-bond donors (Lipinski definition) is 2. The van der Waals surface area contributed by atoms with Crippen molar-refractivity contribution in [2.75, 3.05) is 6.54 Å². The first kappa shape index (κ1) is 21.9. The molecule has 2 aromatic rings. The fourth-order valence-corrected chi connectivity index (χ4v) is 3.96. The van der Waals surface area contributed by atoms with E-state index in [2.05, 4.69) is 35.8 Å². The topological polar surface area (TPSA) is 54.9 Å². The first-order valence-electron chi connectivity index (χ1n) is 10.3. The van der Waals surface area contributed by atoms with Crippen LogP contribution in [0.15, 0.2) is 59.6 Å². The van der Waals surface area contributed by atoms with Crippen LogP contribution < -0.4 is 15.4 Å². The molecule has 2 heterocycles. The Kier molecular flexibility index (Phi) is 8.18. The Morgan fingerprint density at radius 3 is 2.62 bits per heavy atom. The van der Waals surface area contributed by atoms with Gasteiger partial charge in [0.05, 0.1) is 24.8 Å². The van der Waals surface area contributed by atoms with Crippen LogP contribution in [0.3, 0.4) is 0 Å². The highest BCUT2D eigenvalue weighted by Gasteiger charge is 2.41. The van der Waals surface area contributed by atoms with Crippen LogP contribution in [0.25, 0.3) is 0 Å². The first-order chi connectivity index (χ1) is 13.8. The highest BCUT2D eigenvalue weighted by atomic mass is 127. The van der Waals surface area contributed by atoms with E-state index in [1.807, 2.05) is 36.4 Å². The van der Waals surface area contributed by atoms with Crippen molar-refractivity contribution in [3.8, 4) is 5.75 Å². The molecule has 6 heteroatoms. The lowest BCUT2D eigenvalue weighted by Gasteiger charge is -2.22. The number of halogens is 1. The van der Waals surface area contributed by atoms with Crippen LogP contribution in [-0.2, 0) is 17.9 Å². The molecule has 0 aromatic heterocycles. The maximum Gasteiger partial charge on any atom is 0.191 e. The summed E-state index contributed by atoms with van der Waals surface area (Å²) < 4.78 is 12.0. The molecule has 2 aliphatic rings. The molecule has 0 amide bonds. The fraction of sp³-hybridized carbons (Fsp3) is 0.435. The molecule has 0 saturated carbocycles. The normalized spacial score (nSPS) is 22.8. The standard InChI is InChI=1S/C23H29N3O2.HI/c1-2-24-23(26-20-14-19-12-13-22(20)28-19)25-15-18-10-6-7-11-21(18)27-16-17-8-4-3-5-9-17;/h3-11,19-20,22H,2,12-16H2,1H3,(H2,24,25,26);1H. The van der Waals surface area contributed by atoms with Gasteiger partial charge >= 0.3 is 0 Å². The second kappa shape index (κ2) is 10.8. The Morgan fingerprint density at radius 1 is 1.10 bits per heavy atom. The quantitative estimate of drug-likeness (QED) is 0.334. The summed E-state index contributed by atoms with van der Waals surface area (Å²) in [4.78, 5) is 4.81. The van der Waals surface area contributed by atoms with Gasteiger partial charge in [-0.25, -0.2) is 4.99 Å². The predicted molar refractivity (Wildman–Crippen MR) is 127 cm³/mol. The summed E-state index contributed by atoms with van der Waals surface area (Å²) in [6.07, 6.45) is 4.18. The van der Waals surface area contributed by atoms with E-state index in [4.69, 9.17) is 14.5 Å². The van der Waals surface area contributed by atoms with E-state index in [0.717, 1.165) is 42.2 Å². The van der Waals surface area contributed by atoms with Crippen molar-refractivity contribution in [3.63, 3.8) is 0 Å². The Labute approximate surface area is 190 Å². The Bertz CT molecular complexity index is 800. The first-order valence-corrected chi connectivity index (χ1v) is 10.3. The van der Waals surface area contributed by atoms with Gasteiger partial charge in [0.1, 0.15) is 12.4 Å². The molecular weight excluding hydrogens is 477 g/mol. The summed E-state index contributed by atoms with van der Waals surface area (Å²) in [5.74, 6) is 1.73. The van der Waals surface area contributed by atoms with Crippen molar-refractivity contribution in [2.24, 2.45) is 4.99 Å². The molecule has 29 heavy (non-hydrogen) atoms. The van der Waals surface area contributed by atoms with E-state index in [-0.39, 0.29) is 24.0 Å². The third kappa shape index (κ3) is 5.85. The zero-order chi connectivity index (χ0) is 19.2. The number of benzene rings is 2. The average molecular weight is 507 g/mol. The van der Waals surface area contributed by atoms with Gasteiger partial charge in [-0.15, -0.1) is 24.0 Å². The van der Waals surface area contributed by atoms with Crippen LogP contribution in [0, 0.1) is 0 Å². The minimum atomic E-state index is 0. The highest BCUT2D eigenvalue weighted by molar-refractivity contribution is 14.0. The summed E-state index contributed by atoms with van der Waals surface area (Å²) >= 11 is 0. The van der Waals surface area contributed by atoms with E-state index >= 15 is 0 Å². The smallest absolute Gasteiger partial charge is 0.191 e. The summed E-state index contributed by atoms with van der Waals surface area (Å²) in [5, 5.41) is 6.93. The molecule has 5 nitrogen and oxygen atoms in total. The SMILES string of the molecule is CCNC(=NCc1ccccc1OCc1ccccc1)NC1CC2CCC1O2.I. The van der Waals surface area contributed by atoms with Gasteiger partial charge in [-0.3, -0.25) is 0 Å². The summed E-state index contributed by atoms with van der Waals surface area (Å²) in [6.45, 7) is 4.05. The number of rotatable bonds is 7. The Morgan fingerprint density at radius 2 is 1.90 bits per heavy atom. The number of aliphatic imine (C=N–C) groups is 1. The number of nitrogens with one attached hydrogen (secondary N) is 2. The van der Waals surface area contributed by atoms with Crippen molar-refractivity contribution in [3.05, 3.63) is 65.7 Å². The molecule has 156 valence electrons. The molecule has 2 aliphatic heterocycles. The number of fused-ring (bicyclic) bond motifs is 2. The highest BCUT2D eigenvalue weighted by Crippen LogP contribution is 2.34. The summed E-state index contributed by atoms with van der Waals surface area (Å²) in [7, 11) is 0. The minimum absolute atomic E-state index is 0. The largest absolute Gasteiger partial charge is 0.489 e. The Hall–Kier alpha value is -1.80. The third-order valence-corrected chi connectivity index (χ3v) is 5.39. The van der Waals surface area contributed by atoms with E-state index in [0.29, 0.717) is 31.4 Å². The minimum Gasteiger partial charge on any atom is -0.489 e. The third-order valence-electron chi connectivity index (χ3n) is 5.39. The van der Waals surface area contributed by atoms with E-state index in [9.17, 15) is 0 Å². The zero-order valence-electron chi connectivity index (χ0n) is 16.8. The van der Waals surface area contributed by atoms with Crippen LogP contribution in [0.4, 0.5) is 0 Å². The van der Waals surface area contributed by atoms with Crippen LogP contribution in [-0.4, -0.2) is 30.8 Å². The van der Waals surface area contributed by atoms with Gasteiger partial charge in [0.25, 0.3) is 0 Å². The molecule has 2 bridgehead atoms. The Balaban J connectivity index is 0.00000240. The maximum atomic E-state index is 6.06. The lowest BCUT2D eigenvalue weighted by molar-refractivity contribution is 0.0992. The average Bonchev–Trinajstić information content (AvgIpc) is 3.35. The number of guanidine groups is 1. The molecule has 0 spiro atoms. The van der Waals surface area contributed by atoms with E-state index in [1.165, 1.54) is 6.42 Å². The van der Waals surface area contributed by atoms with Crippen molar-refractivity contribution >= 4 is 29.9 Å². The lowest BCUT2D eigenvalue weighted by atomic mass is 9.96. The van der Waals surface area contributed by atoms with Crippen LogP contribution in [0.1, 0.15) is 37.3 Å². The van der Waals surface area contributed by atoms with Crippen molar-refractivity contribution < 1.29 is 9.47 Å². The van der Waals surface area contributed by atoms with Gasteiger partial charge in [-0.2, -0.15) is 0 Å². The molecule has 2 N–H and O–H groups in total. The molecule has 3 atom stereocenters. The van der Waals surface area contributed by atoms with Crippen molar-refractivity contribution in [1.29, 1.82) is 0 Å². The van der Waals surface area contributed by atoms with Gasteiger partial charge < -0.3 is 20.1 Å². The van der Waals surface area contributed by atoms with Crippen LogP contribution in [0.2, 0.25) is 0 Å². The van der Waals surface area contributed by atoms with Crippen LogP contribution in [0.5, 0.6) is 5.75 Å². The number of ether oxygens (including phenoxy) is 2. The second-order valence-corrected chi connectivity index (χ2v) is 7.44. The van der Waals surface area contributed by atoms with Gasteiger partial charge in [0.15, 0.2) is 5.96 Å². The molecular formula is C23H30IN3O2. The predicted octanol–water partition coefficient (Wildman–Crippen LogP) is 4.26. The number of nitrogens with zero attached hydrogens (tertiary/aromatic N) is 1. The van der Waals surface area contributed by atoms with Gasteiger partial charge in [-0.05, 0) is 37.8 Å². The van der Waals surface area contributed by atoms with Gasteiger partial charge in [-0.1, -0.05) is 48.5 Å². The van der Waals surface area contributed by atoms with Gasteiger partial charge in [0, 0.05) is 12.1 Å². The van der Waals surface area contributed by atoms with E-state index < -0.39 is 0 Å². The monoisotopic (exact) mass is 507 g/mol. The molecule has 0 aliphatic carbocycles. The molecule has 0 radical (unpaired) electrons. The molecule has 3 unspecified atom stereocenters. The van der Waals surface area contributed by atoms with Crippen molar-refractivity contribution in [2.45, 2.75) is 57.6 Å². The number of hydrogen-bond acceptors (Lipinski definition) is 3. The van der Waals surface area contributed by atoms with Crippen molar-refractivity contribution in [1.82, 2.24) is 10.6 Å². The molecule has 2 fully saturated rings. The molecule has 2 saturated heterocycles. The molecule has 4 rings (SSSR count). The summed E-state index contributed by atoms with van der Waals surface area (Å²) in [5.41, 5.74) is 2.24.